The molecule has 3 N–H and O–H groups in total. The second-order valence-electron chi connectivity index (χ2n) is 9.46. The number of aromatic nitrogens is 1. The van der Waals surface area contributed by atoms with Crippen molar-refractivity contribution in [3.05, 3.63) is 24.1 Å². The number of hydroxylamine groups is 1. The van der Waals surface area contributed by atoms with Gasteiger partial charge in [0.25, 0.3) is 0 Å². The number of nitrogens with zero attached hydrogens (tertiary/aromatic N) is 2. The highest BCUT2D eigenvalue weighted by atomic mass is 19.1. The van der Waals surface area contributed by atoms with Crippen LogP contribution in [0.5, 0.6) is 0 Å². The maximum atomic E-state index is 14.0. The summed E-state index contributed by atoms with van der Waals surface area (Å²) in [4.78, 5) is 31.0. The van der Waals surface area contributed by atoms with Crippen LogP contribution in [0.3, 0.4) is 0 Å². The lowest BCUT2D eigenvalue weighted by molar-refractivity contribution is -0.130. The molecule has 2 aliphatic carbocycles. The Bertz CT molecular complexity index is 779. The lowest BCUT2D eigenvalue weighted by atomic mass is 9.90. The minimum atomic E-state index is -0.546. The van der Waals surface area contributed by atoms with Crippen LogP contribution < -0.4 is 10.8 Å². The number of carbonyl (C=O) groups excluding carboxylic acids is 2. The van der Waals surface area contributed by atoms with Gasteiger partial charge in [-0.15, -0.1) is 0 Å². The molecule has 8 heteroatoms. The second kappa shape index (κ2) is 8.98. The Kier molecular flexibility index (Phi) is 6.34. The first-order valence-corrected chi connectivity index (χ1v) is 11.1. The number of likely N-dealkylation sites (tertiary alicyclic amines) is 1. The van der Waals surface area contributed by atoms with Crippen molar-refractivity contribution in [3.8, 4) is 0 Å². The summed E-state index contributed by atoms with van der Waals surface area (Å²) < 4.78 is 14.0. The van der Waals surface area contributed by atoms with Crippen molar-refractivity contribution in [2.24, 2.45) is 17.3 Å². The Hall–Kier alpha value is -2.06. The summed E-state index contributed by atoms with van der Waals surface area (Å²) in [5, 5.41) is 11.7. The van der Waals surface area contributed by atoms with Gasteiger partial charge in [-0.1, -0.05) is 25.7 Å². The van der Waals surface area contributed by atoms with E-state index in [0.29, 0.717) is 12.5 Å². The maximum absolute atomic E-state index is 14.0. The molecule has 3 fully saturated rings. The predicted molar refractivity (Wildman–Crippen MR) is 109 cm³/mol. The van der Waals surface area contributed by atoms with Crippen molar-refractivity contribution in [1.29, 1.82) is 0 Å². The number of halogens is 1. The third-order valence-electron chi connectivity index (χ3n) is 7.10. The molecule has 1 aromatic rings. The Morgan fingerprint density at radius 2 is 2.10 bits per heavy atom. The van der Waals surface area contributed by atoms with Gasteiger partial charge in [-0.05, 0) is 55.1 Å². The lowest BCUT2D eigenvalue weighted by Crippen LogP contribution is -2.43. The minimum absolute atomic E-state index is 0.0404. The zero-order valence-electron chi connectivity index (χ0n) is 17.3. The zero-order valence-corrected chi connectivity index (χ0v) is 17.3. The molecule has 1 aromatic heterocycles. The summed E-state index contributed by atoms with van der Waals surface area (Å²) in [6.45, 7) is 1.46. The second-order valence-corrected chi connectivity index (χ2v) is 9.46. The smallest absolute Gasteiger partial charge is 0.243 e. The van der Waals surface area contributed by atoms with Crippen LogP contribution in [0.25, 0.3) is 0 Å². The number of amides is 2. The van der Waals surface area contributed by atoms with Gasteiger partial charge in [0, 0.05) is 25.7 Å². The van der Waals surface area contributed by atoms with Gasteiger partial charge in [-0.2, -0.15) is 0 Å². The predicted octanol–water partition coefficient (Wildman–Crippen LogP) is 3.11. The fourth-order valence-electron chi connectivity index (χ4n) is 5.39. The van der Waals surface area contributed by atoms with E-state index < -0.39 is 5.82 Å². The van der Waals surface area contributed by atoms with Crippen molar-refractivity contribution in [2.75, 3.05) is 18.4 Å². The summed E-state index contributed by atoms with van der Waals surface area (Å²) in [6, 6.07) is 2.42. The number of hydrogen-bond donors (Lipinski definition) is 3. The highest BCUT2D eigenvalue weighted by molar-refractivity contribution is 5.94. The highest BCUT2D eigenvalue weighted by Crippen LogP contribution is 2.55. The van der Waals surface area contributed by atoms with E-state index in [4.69, 9.17) is 5.21 Å². The van der Waals surface area contributed by atoms with E-state index in [-0.39, 0.29) is 41.4 Å². The van der Waals surface area contributed by atoms with Gasteiger partial charge in [-0.25, -0.2) is 14.9 Å². The first-order chi connectivity index (χ1) is 14.5. The summed E-state index contributed by atoms with van der Waals surface area (Å²) in [5.41, 5.74) is 1.94. The van der Waals surface area contributed by atoms with Gasteiger partial charge in [0.05, 0.1) is 6.04 Å². The number of nitrogens with one attached hydrogen (secondary N) is 2. The van der Waals surface area contributed by atoms with E-state index >= 15 is 0 Å². The molecule has 2 saturated carbocycles. The number of pyridine rings is 1. The Morgan fingerprint density at radius 1 is 1.33 bits per heavy atom. The van der Waals surface area contributed by atoms with Gasteiger partial charge < -0.3 is 5.32 Å². The number of rotatable bonds is 8. The van der Waals surface area contributed by atoms with Crippen LogP contribution >= 0.6 is 0 Å². The number of hydrogen-bond acceptors (Lipinski definition) is 5. The van der Waals surface area contributed by atoms with Crippen molar-refractivity contribution < 1.29 is 19.2 Å². The van der Waals surface area contributed by atoms with Crippen molar-refractivity contribution in [1.82, 2.24) is 15.4 Å². The molecule has 1 spiro atoms. The average molecular weight is 419 g/mol. The molecule has 2 amide bonds. The normalized spacial score (nSPS) is 24.1. The van der Waals surface area contributed by atoms with Crippen LogP contribution in [-0.2, 0) is 9.59 Å². The van der Waals surface area contributed by atoms with Gasteiger partial charge in [0.1, 0.15) is 0 Å². The first kappa shape index (κ1) is 21.2. The van der Waals surface area contributed by atoms with Gasteiger partial charge >= 0.3 is 0 Å². The quantitative estimate of drug-likeness (QED) is 0.445. The molecule has 7 nitrogen and oxygen atoms in total. The van der Waals surface area contributed by atoms with Crippen LogP contribution in [0.2, 0.25) is 0 Å². The van der Waals surface area contributed by atoms with Gasteiger partial charge in [-0.3, -0.25) is 19.7 Å². The zero-order chi connectivity index (χ0) is 21.1. The molecule has 1 aliphatic heterocycles. The number of carbonyl (C=O) groups is 2. The van der Waals surface area contributed by atoms with E-state index in [2.05, 4.69) is 15.2 Å². The molecule has 30 heavy (non-hydrogen) atoms. The van der Waals surface area contributed by atoms with E-state index in [1.54, 1.807) is 5.48 Å². The molecule has 0 radical (unpaired) electrons. The lowest BCUT2D eigenvalue weighted by Gasteiger charge is -2.29. The molecular formula is C22H31FN4O3. The molecule has 1 saturated heterocycles. The topological polar surface area (TPSA) is 94.6 Å². The molecular weight excluding hydrogens is 387 g/mol. The maximum Gasteiger partial charge on any atom is 0.243 e. The molecule has 4 rings (SSSR count). The standard InChI is InChI=1S/C22H31FN4O3/c23-17-6-3-9-24-20(17)25-21(29)18-12-22(7-8-22)14-27(18)13-16(11-19(28)26-30)10-15-4-1-2-5-15/h3,6,9,15-16,18,30H,1-2,4-5,7-8,10-14H2,(H,26,28)(H,24,25,29)/t16-,18+/m1/s1. The first-order valence-electron chi connectivity index (χ1n) is 11.1. The average Bonchev–Trinajstić information content (AvgIpc) is 3.11. The Morgan fingerprint density at radius 3 is 2.77 bits per heavy atom. The molecule has 2 heterocycles. The molecule has 3 aliphatic rings. The summed E-state index contributed by atoms with van der Waals surface area (Å²) in [7, 11) is 0. The minimum Gasteiger partial charge on any atom is -0.307 e. The van der Waals surface area contributed by atoms with Crippen molar-refractivity contribution in [2.45, 2.75) is 63.8 Å². The SMILES string of the molecule is O=C(C[C@@H](CC1CCCC1)CN1CC2(CC2)C[C@H]1C(=O)Nc1ncccc1F)NO. The van der Waals surface area contributed by atoms with Crippen molar-refractivity contribution in [3.63, 3.8) is 0 Å². The van der Waals surface area contributed by atoms with E-state index in [1.807, 2.05) is 0 Å². The van der Waals surface area contributed by atoms with Crippen LogP contribution in [0, 0.1) is 23.1 Å². The van der Waals surface area contributed by atoms with Gasteiger partial charge in [0.15, 0.2) is 11.6 Å². The van der Waals surface area contributed by atoms with E-state index in [1.165, 1.54) is 44.0 Å². The molecule has 0 unspecified atom stereocenters. The third kappa shape index (κ3) is 4.98. The summed E-state index contributed by atoms with van der Waals surface area (Å²) in [6.07, 6.45) is 10.4. The van der Waals surface area contributed by atoms with Crippen LogP contribution in [0.4, 0.5) is 10.2 Å². The van der Waals surface area contributed by atoms with Gasteiger partial charge in [0.2, 0.25) is 11.8 Å². The molecule has 164 valence electrons. The van der Waals surface area contributed by atoms with Crippen LogP contribution in [0.1, 0.15) is 57.8 Å². The monoisotopic (exact) mass is 418 g/mol. The summed E-state index contributed by atoms with van der Waals surface area (Å²) >= 11 is 0. The van der Waals surface area contributed by atoms with Crippen LogP contribution in [0.15, 0.2) is 18.3 Å². The van der Waals surface area contributed by atoms with Crippen molar-refractivity contribution >= 4 is 17.6 Å². The third-order valence-corrected chi connectivity index (χ3v) is 7.10. The molecule has 0 bridgehead atoms. The van der Waals surface area contributed by atoms with Crippen LogP contribution in [-0.4, -0.2) is 46.0 Å². The van der Waals surface area contributed by atoms with E-state index in [9.17, 15) is 14.0 Å². The fraction of sp³-hybridized carbons (Fsp3) is 0.682. The Balaban J connectivity index is 1.45. The summed E-state index contributed by atoms with van der Waals surface area (Å²) in [5.74, 6) is -0.515. The Labute approximate surface area is 176 Å². The fourth-order valence-corrected chi connectivity index (χ4v) is 5.39. The number of anilines is 1. The highest BCUT2D eigenvalue weighted by Gasteiger charge is 2.54. The largest absolute Gasteiger partial charge is 0.307 e. The molecule has 2 atom stereocenters. The molecule has 0 aromatic carbocycles. The van der Waals surface area contributed by atoms with E-state index in [0.717, 1.165) is 32.2 Å².